The molecule has 0 saturated carbocycles. The molecule has 1 atom stereocenters. The van der Waals surface area contributed by atoms with Crippen LogP contribution in [0, 0.1) is 0 Å². The molecule has 0 fully saturated rings. The molecule has 0 aliphatic carbocycles. The maximum Gasteiger partial charge on any atom is 0.338 e. The fraction of sp³-hybridized carbons (Fsp3) is 0.167. The molecule has 2 heterocycles. The predicted molar refractivity (Wildman–Crippen MR) is 149 cm³/mol. The first-order valence-electron chi connectivity index (χ1n) is 12.3. The van der Waals surface area contributed by atoms with E-state index in [0.29, 0.717) is 43.2 Å². The van der Waals surface area contributed by atoms with E-state index in [1.165, 1.54) is 30.1 Å². The monoisotopic (exact) mass is 542 g/mol. The molecule has 0 bridgehead atoms. The number of carbonyl (C=O) groups excluding carboxylic acids is 1. The molecule has 9 heteroatoms. The number of hydrogen-bond acceptors (Lipinski definition) is 8. The molecule has 4 aromatic rings. The van der Waals surface area contributed by atoms with Crippen molar-refractivity contribution in [2.75, 3.05) is 20.8 Å². The number of hydrogen-bond donors (Lipinski definition) is 1. The van der Waals surface area contributed by atoms with Crippen LogP contribution in [0.25, 0.3) is 11.8 Å². The Bertz CT molecular complexity index is 1750. The van der Waals surface area contributed by atoms with Gasteiger partial charge in [-0.2, -0.15) is 0 Å². The van der Waals surface area contributed by atoms with E-state index in [-0.39, 0.29) is 23.5 Å². The predicted octanol–water partition coefficient (Wildman–Crippen LogP) is 3.66. The van der Waals surface area contributed by atoms with E-state index in [9.17, 15) is 14.7 Å². The molecule has 1 aliphatic heterocycles. The van der Waals surface area contributed by atoms with Gasteiger partial charge in [0.05, 0.1) is 36.6 Å². The van der Waals surface area contributed by atoms with Crippen molar-refractivity contribution in [2.45, 2.75) is 13.0 Å². The molecule has 1 N–H and O–H groups in total. The number of methoxy groups -OCH3 is 2. The Balaban J connectivity index is 1.90. The highest BCUT2D eigenvalue weighted by Gasteiger charge is 2.37. The summed E-state index contributed by atoms with van der Waals surface area (Å²) in [4.78, 5) is 32.8. The highest BCUT2D eigenvalue weighted by atomic mass is 32.1. The summed E-state index contributed by atoms with van der Waals surface area (Å²) in [7, 11) is 3.03. The largest absolute Gasteiger partial charge is 0.507 e. The van der Waals surface area contributed by atoms with Crippen LogP contribution in [0.1, 0.15) is 29.7 Å². The van der Waals surface area contributed by atoms with Crippen molar-refractivity contribution in [1.82, 2.24) is 4.57 Å². The summed E-state index contributed by atoms with van der Waals surface area (Å²) in [5, 5.41) is 10.3. The van der Waals surface area contributed by atoms with Gasteiger partial charge in [0.1, 0.15) is 11.8 Å². The van der Waals surface area contributed by atoms with Gasteiger partial charge in [-0.3, -0.25) is 9.36 Å². The van der Waals surface area contributed by atoms with E-state index < -0.39 is 12.0 Å². The Kier molecular flexibility index (Phi) is 7.33. The van der Waals surface area contributed by atoms with Crippen molar-refractivity contribution in [2.24, 2.45) is 4.99 Å². The molecule has 39 heavy (non-hydrogen) atoms. The van der Waals surface area contributed by atoms with Crippen LogP contribution < -0.4 is 24.4 Å². The van der Waals surface area contributed by atoms with Crippen molar-refractivity contribution < 1.29 is 24.1 Å². The Morgan fingerprint density at radius 1 is 1.03 bits per heavy atom. The molecule has 8 nitrogen and oxygen atoms in total. The van der Waals surface area contributed by atoms with Crippen LogP contribution in [-0.4, -0.2) is 36.5 Å². The van der Waals surface area contributed by atoms with E-state index in [1.807, 2.05) is 30.3 Å². The van der Waals surface area contributed by atoms with E-state index >= 15 is 0 Å². The summed E-state index contributed by atoms with van der Waals surface area (Å²) < 4.78 is 18.6. The van der Waals surface area contributed by atoms with Crippen LogP contribution in [0.3, 0.4) is 0 Å². The van der Waals surface area contributed by atoms with Gasteiger partial charge in [-0.05, 0) is 25.1 Å². The lowest BCUT2D eigenvalue weighted by Gasteiger charge is -2.27. The van der Waals surface area contributed by atoms with E-state index in [1.54, 1.807) is 55.5 Å². The number of ether oxygens (including phenoxy) is 3. The van der Waals surface area contributed by atoms with Gasteiger partial charge in [-0.1, -0.05) is 72.0 Å². The fourth-order valence-electron chi connectivity index (χ4n) is 4.61. The Morgan fingerprint density at radius 3 is 2.46 bits per heavy atom. The Hall–Kier alpha value is -4.63. The number of nitrogens with zero attached hydrogens (tertiary/aromatic N) is 2. The second-order valence-corrected chi connectivity index (χ2v) is 9.58. The third-order valence-corrected chi connectivity index (χ3v) is 7.31. The Morgan fingerprint density at radius 2 is 1.77 bits per heavy atom. The van der Waals surface area contributed by atoms with Gasteiger partial charge in [-0.15, -0.1) is 0 Å². The highest BCUT2D eigenvalue weighted by Crippen LogP contribution is 2.42. The van der Waals surface area contributed by atoms with Gasteiger partial charge in [0.15, 0.2) is 16.3 Å². The van der Waals surface area contributed by atoms with Crippen LogP contribution in [-0.2, 0) is 9.53 Å². The summed E-state index contributed by atoms with van der Waals surface area (Å²) in [5.74, 6) is 0.292. The average Bonchev–Trinajstić information content (AvgIpc) is 3.27. The van der Waals surface area contributed by atoms with Crippen molar-refractivity contribution in [3.63, 3.8) is 0 Å². The molecular weight excluding hydrogens is 516 g/mol. The fourth-order valence-corrected chi connectivity index (χ4v) is 5.60. The summed E-state index contributed by atoms with van der Waals surface area (Å²) in [6.45, 7) is 1.87. The number of esters is 1. The SMILES string of the molecule is CCOC(=O)C1=C(c2ccccc2)N=c2sc(=Cc3ccccc3O)c(=O)n2C1c1cccc(OC)c1OC. The number of phenols is 1. The number of fused-ring (bicyclic) bond motifs is 1. The molecule has 3 aromatic carbocycles. The van der Waals surface area contributed by atoms with E-state index in [4.69, 9.17) is 19.2 Å². The zero-order chi connectivity index (χ0) is 27.5. The number of para-hydroxylation sites is 2. The van der Waals surface area contributed by atoms with Gasteiger partial charge in [0.25, 0.3) is 5.56 Å². The Labute approximate surface area is 228 Å². The topological polar surface area (TPSA) is 99.4 Å². The van der Waals surface area contributed by atoms with E-state index in [0.717, 1.165) is 0 Å². The normalized spacial score (nSPS) is 14.9. The van der Waals surface area contributed by atoms with Gasteiger partial charge in [-0.25, -0.2) is 9.79 Å². The van der Waals surface area contributed by atoms with Crippen molar-refractivity contribution in [1.29, 1.82) is 0 Å². The third-order valence-electron chi connectivity index (χ3n) is 6.33. The van der Waals surface area contributed by atoms with Crippen molar-refractivity contribution >= 4 is 29.1 Å². The number of phenolic OH excluding ortho intramolecular Hbond substituents is 1. The number of aromatic nitrogens is 1. The number of thiazole rings is 1. The lowest BCUT2D eigenvalue weighted by Crippen LogP contribution is -2.40. The molecule has 198 valence electrons. The highest BCUT2D eigenvalue weighted by molar-refractivity contribution is 7.07. The lowest BCUT2D eigenvalue weighted by molar-refractivity contribution is -0.138. The molecule has 1 unspecified atom stereocenters. The van der Waals surface area contributed by atoms with Gasteiger partial charge in [0.2, 0.25) is 0 Å². The van der Waals surface area contributed by atoms with Crippen LogP contribution in [0.2, 0.25) is 0 Å². The first-order chi connectivity index (χ1) is 19.0. The van der Waals surface area contributed by atoms with Gasteiger partial charge < -0.3 is 19.3 Å². The van der Waals surface area contributed by atoms with Crippen LogP contribution in [0.15, 0.2) is 88.2 Å². The molecule has 1 aromatic heterocycles. The minimum atomic E-state index is -0.924. The average molecular weight is 543 g/mol. The number of benzene rings is 3. The lowest BCUT2D eigenvalue weighted by atomic mass is 9.92. The molecule has 5 rings (SSSR count). The molecule has 1 aliphatic rings. The summed E-state index contributed by atoms with van der Waals surface area (Å²) >= 11 is 1.17. The quantitative estimate of drug-likeness (QED) is 0.358. The maximum absolute atomic E-state index is 14.0. The van der Waals surface area contributed by atoms with Crippen molar-refractivity contribution in [3.05, 3.63) is 115 Å². The number of carbonyl (C=O) groups is 1. The first kappa shape index (κ1) is 26.0. The summed E-state index contributed by atoms with van der Waals surface area (Å²) in [6, 6.07) is 20.4. The van der Waals surface area contributed by atoms with Crippen LogP contribution >= 0.6 is 11.3 Å². The van der Waals surface area contributed by atoms with E-state index in [2.05, 4.69) is 0 Å². The maximum atomic E-state index is 14.0. The zero-order valence-corrected chi connectivity index (χ0v) is 22.4. The molecule has 0 radical (unpaired) electrons. The first-order valence-corrected chi connectivity index (χ1v) is 13.1. The number of rotatable bonds is 7. The minimum absolute atomic E-state index is 0.0477. The standard InChI is InChI=1S/C30H26N2O6S/c1-4-38-29(35)24-25(18-11-6-5-7-12-18)31-30-32(26(24)20-14-10-16-22(36-2)27(20)37-3)28(34)23(39-30)17-19-13-8-9-15-21(19)33/h5-17,26,33H,4H2,1-3H3. The zero-order valence-electron chi connectivity index (χ0n) is 21.6. The second-order valence-electron chi connectivity index (χ2n) is 8.57. The molecule has 0 amide bonds. The molecule has 0 saturated heterocycles. The van der Waals surface area contributed by atoms with Gasteiger partial charge >= 0.3 is 5.97 Å². The molecule has 0 spiro atoms. The second kappa shape index (κ2) is 11.0. The van der Waals surface area contributed by atoms with Crippen LogP contribution in [0.5, 0.6) is 17.2 Å². The van der Waals surface area contributed by atoms with Crippen molar-refractivity contribution in [3.8, 4) is 17.2 Å². The third kappa shape index (κ3) is 4.72. The van der Waals surface area contributed by atoms with Gasteiger partial charge in [0, 0.05) is 16.7 Å². The smallest absolute Gasteiger partial charge is 0.338 e. The minimum Gasteiger partial charge on any atom is -0.507 e. The van der Waals surface area contributed by atoms with Crippen LogP contribution in [0.4, 0.5) is 0 Å². The number of aromatic hydroxyl groups is 1. The summed E-state index contributed by atoms with van der Waals surface area (Å²) in [6.07, 6.45) is 1.62. The summed E-state index contributed by atoms with van der Waals surface area (Å²) in [5.41, 5.74) is 1.97. The molecular formula is C30H26N2O6S.